The first-order valence-electron chi connectivity index (χ1n) is 12.1. The minimum atomic E-state index is -0.0415. The molecule has 4 aromatic rings. The highest BCUT2D eigenvalue weighted by Crippen LogP contribution is 2.35. The third-order valence-corrected chi connectivity index (χ3v) is 6.74. The number of carbonyl (C=O) groups excluding carboxylic acids is 1. The number of hydrogen-bond donors (Lipinski definition) is 1. The number of imidazole rings is 1. The SMILES string of the molecule is CCn1c(-c2nc3cc(C(=O)N4CCC[C@@H](N)C4)cc(OC)c3n2CCOC)cc2cccnc21.Cl. The highest BCUT2D eigenvalue weighted by Gasteiger charge is 2.26. The van der Waals surface area contributed by atoms with Crippen molar-refractivity contribution in [2.24, 2.45) is 5.73 Å². The number of fused-ring (bicyclic) bond motifs is 2. The number of methoxy groups -OCH3 is 2. The molecule has 10 heteroatoms. The maximum atomic E-state index is 13.4. The van der Waals surface area contributed by atoms with E-state index in [0.29, 0.717) is 43.1 Å². The Morgan fingerprint density at radius 1 is 1.22 bits per heavy atom. The van der Waals surface area contributed by atoms with Gasteiger partial charge in [-0.15, -0.1) is 12.4 Å². The van der Waals surface area contributed by atoms with E-state index in [-0.39, 0.29) is 24.4 Å². The second-order valence-electron chi connectivity index (χ2n) is 8.97. The van der Waals surface area contributed by atoms with Gasteiger partial charge in [-0.2, -0.15) is 0 Å². The zero-order valence-electron chi connectivity index (χ0n) is 20.9. The van der Waals surface area contributed by atoms with E-state index in [0.717, 1.165) is 47.5 Å². The topological polar surface area (TPSA) is 100 Å². The normalized spacial score (nSPS) is 15.9. The molecule has 1 aliphatic rings. The Hall–Kier alpha value is -3.14. The van der Waals surface area contributed by atoms with Crippen molar-refractivity contribution in [2.75, 3.05) is 33.9 Å². The van der Waals surface area contributed by atoms with E-state index >= 15 is 0 Å². The van der Waals surface area contributed by atoms with Crippen molar-refractivity contribution in [3.05, 3.63) is 42.1 Å². The molecule has 1 atom stereocenters. The number of rotatable bonds is 7. The lowest BCUT2D eigenvalue weighted by atomic mass is 10.0. The van der Waals surface area contributed by atoms with Crippen LogP contribution in [0.3, 0.4) is 0 Å². The maximum absolute atomic E-state index is 13.4. The van der Waals surface area contributed by atoms with Gasteiger partial charge in [0.05, 0.1) is 24.9 Å². The summed E-state index contributed by atoms with van der Waals surface area (Å²) in [5.74, 6) is 1.36. The van der Waals surface area contributed by atoms with Crippen LogP contribution >= 0.6 is 12.4 Å². The third-order valence-electron chi connectivity index (χ3n) is 6.74. The van der Waals surface area contributed by atoms with E-state index in [4.69, 9.17) is 20.2 Å². The number of ether oxygens (including phenoxy) is 2. The summed E-state index contributed by atoms with van der Waals surface area (Å²) in [4.78, 5) is 24.8. The van der Waals surface area contributed by atoms with Crippen LogP contribution in [0.1, 0.15) is 30.1 Å². The van der Waals surface area contributed by atoms with Crippen LogP contribution in [0.2, 0.25) is 0 Å². The smallest absolute Gasteiger partial charge is 0.254 e. The number of hydrogen-bond acceptors (Lipinski definition) is 6. The molecule has 2 N–H and O–H groups in total. The molecule has 1 aromatic carbocycles. The van der Waals surface area contributed by atoms with Crippen molar-refractivity contribution in [3.63, 3.8) is 0 Å². The van der Waals surface area contributed by atoms with Gasteiger partial charge in [-0.1, -0.05) is 0 Å². The summed E-state index contributed by atoms with van der Waals surface area (Å²) >= 11 is 0. The summed E-state index contributed by atoms with van der Waals surface area (Å²) in [5, 5.41) is 1.05. The largest absolute Gasteiger partial charge is 0.494 e. The van der Waals surface area contributed by atoms with Crippen LogP contribution in [0.5, 0.6) is 5.75 Å². The number of amides is 1. The minimum absolute atomic E-state index is 0. The molecule has 0 aliphatic carbocycles. The maximum Gasteiger partial charge on any atom is 0.254 e. The van der Waals surface area contributed by atoms with Crippen LogP contribution in [-0.4, -0.2) is 69.9 Å². The molecule has 9 nitrogen and oxygen atoms in total. The van der Waals surface area contributed by atoms with Crippen molar-refractivity contribution in [1.29, 1.82) is 0 Å². The summed E-state index contributed by atoms with van der Waals surface area (Å²) < 4.78 is 15.5. The van der Waals surface area contributed by atoms with Crippen LogP contribution in [0.15, 0.2) is 36.5 Å². The average molecular weight is 513 g/mol. The fourth-order valence-corrected chi connectivity index (χ4v) is 5.07. The van der Waals surface area contributed by atoms with Gasteiger partial charge >= 0.3 is 0 Å². The molecule has 1 fully saturated rings. The number of aromatic nitrogens is 4. The predicted octanol–water partition coefficient (Wildman–Crippen LogP) is 3.71. The number of halogens is 1. The van der Waals surface area contributed by atoms with Gasteiger partial charge in [-0.3, -0.25) is 4.79 Å². The van der Waals surface area contributed by atoms with Gasteiger partial charge in [0.25, 0.3) is 5.91 Å². The molecule has 1 saturated heterocycles. The number of aryl methyl sites for hydroxylation is 1. The van der Waals surface area contributed by atoms with Crippen molar-refractivity contribution >= 4 is 40.4 Å². The Kier molecular flexibility index (Phi) is 7.82. The Morgan fingerprint density at radius 2 is 2.06 bits per heavy atom. The molecule has 3 aromatic heterocycles. The molecule has 1 amide bonds. The summed E-state index contributed by atoms with van der Waals surface area (Å²) in [7, 11) is 3.31. The fraction of sp³-hybridized carbons (Fsp3) is 0.423. The number of nitrogens with zero attached hydrogens (tertiary/aromatic N) is 5. The molecule has 0 radical (unpaired) electrons. The van der Waals surface area contributed by atoms with Crippen LogP contribution in [0, 0.1) is 0 Å². The Bertz CT molecular complexity index is 1380. The van der Waals surface area contributed by atoms with E-state index in [1.807, 2.05) is 23.1 Å². The van der Waals surface area contributed by atoms with E-state index in [9.17, 15) is 4.79 Å². The highest BCUT2D eigenvalue weighted by atomic mass is 35.5. The molecule has 0 spiro atoms. The second-order valence-corrected chi connectivity index (χ2v) is 8.97. The third kappa shape index (κ3) is 4.54. The molecule has 36 heavy (non-hydrogen) atoms. The monoisotopic (exact) mass is 512 g/mol. The van der Waals surface area contributed by atoms with Gasteiger partial charge in [0.15, 0.2) is 5.82 Å². The summed E-state index contributed by atoms with van der Waals surface area (Å²) in [6.07, 6.45) is 3.66. The van der Waals surface area contributed by atoms with E-state index in [1.54, 1.807) is 20.4 Å². The van der Waals surface area contributed by atoms with Gasteiger partial charge in [0.2, 0.25) is 0 Å². The quantitative estimate of drug-likeness (QED) is 0.405. The van der Waals surface area contributed by atoms with Crippen molar-refractivity contribution in [3.8, 4) is 17.3 Å². The lowest BCUT2D eigenvalue weighted by Crippen LogP contribution is -2.45. The summed E-state index contributed by atoms with van der Waals surface area (Å²) in [6.45, 7) is 5.23. The molecule has 0 saturated carbocycles. The number of carbonyl (C=O) groups is 1. The molecule has 192 valence electrons. The summed E-state index contributed by atoms with van der Waals surface area (Å²) in [5.41, 5.74) is 10.1. The molecule has 0 unspecified atom stereocenters. The molecular formula is C26H33ClN6O3. The van der Waals surface area contributed by atoms with E-state index < -0.39 is 0 Å². The van der Waals surface area contributed by atoms with Gasteiger partial charge in [-0.25, -0.2) is 9.97 Å². The Morgan fingerprint density at radius 3 is 2.78 bits per heavy atom. The van der Waals surface area contributed by atoms with Crippen molar-refractivity contribution in [2.45, 2.75) is 38.9 Å². The molecule has 1 aliphatic heterocycles. The molecular weight excluding hydrogens is 480 g/mol. The average Bonchev–Trinajstić information content (AvgIpc) is 3.44. The summed E-state index contributed by atoms with van der Waals surface area (Å²) in [6, 6.07) is 9.81. The fourth-order valence-electron chi connectivity index (χ4n) is 5.07. The molecule has 4 heterocycles. The zero-order valence-corrected chi connectivity index (χ0v) is 21.8. The Labute approximate surface area is 216 Å². The van der Waals surface area contributed by atoms with Gasteiger partial charge < -0.3 is 29.2 Å². The Balaban J connectivity index is 0.00000304. The number of pyridine rings is 1. The lowest BCUT2D eigenvalue weighted by Gasteiger charge is -2.30. The first kappa shape index (κ1) is 25.9. The number of benzene rings is 1. The van der Waals surface area contributed by atoms with Gasteiger partial charge in [0, 0.05) is 56.5 Å². The first-order chi connectivity index (χ1) is 17.0. The van der Waals surface area contributed by atoms with Crippen LogP contribution in [-0.2, 0) is 17.8 Å². The van der Waals surface area contributed by atoms with Gasteiger partial charge in [0.1, 0.15) is 16.9 Å². The molecule has 5 rings (SSSR count). The van der Waals surface area contributed by atoms with E-state index in [2.05, 4.69) is 33.2 Å². The number of piperidine rings is 1. The minimum Gasteiger partial charge on any atom is -0.494 e. The highest BCUT2D eigenvalue weighted by molar-refractivity contribution is 6.00. The number of nitrogens with two attached hydrogens (primary N) is 1. The predicted molar refractivity (Wildman–Crippen MR) is 143 cm³/mol. The van der Waals surface area contributed by atoms with Crippen LogP contribution in [0.4, 0.5) is 0 Å². The van der Waals surface area contributed by atoms with Crippen molar-refractivity contribution in [1.82, 2.24) is 24.0 Å². The second kappa shape index (κ2) is 10.9. The van der Waals surface area contributed by atoms with Crippen molar-refractivity contribution < 1.29 is 14.3 Å². The standard InChI is InChI=1S/C26H32N6O3.ClH/c1-4-31-21(14-17-7-5-9-28-24(17)31)25-29-20-13-18(26(33)30-10-6-8-19(27)16-30)15-22(35-3)23(20)32(25)11-12-34-2;/h5,7,9,13-15,19H,4,6,8,10-12,16,27H2,1-3H3;1H/t19-;/m1./s1. The van der Waals surface area contributed by atoms with Gasteiger partial charge in [-0.05, 0) is 50.1 Å². The number of likely N-dealkylation sites (tertiary alicyclic amines) is 1. The zero-order chi connectivity index (χ0) is 24.5. The first-order valence-corrected chi connectivity index (χ1v) is 12.1. The lowest BCUT2D eigenvalue weighted by molar-refractivity contribution is 0.0708. The van der Waals surface area contributed by atoms with Crippen LogP contribution in [0.25, 0.3) is 33.6 Å². The molecule has 0 bridgehead atoms. The van der Waals surface area contributed by atoms with E-state index in [1.165, 1.54) is 0 Å². The van der Waals surface area contributed by atoms with Crippen LogP contribution < -0.4 is 10.5 Å².